The molecule has 1 fully saturated rings. The molecule has 1 aliphatic carbocycles. The van der Waals surface area contributed by atoms with Crippen molar-refractivity contribution in [3.8, 4) is 0 Å². The Balaban J connectivity index is 2.12. The molecule has 0 aromatic heterocycles. The summed E-state index contributed by atoms with van der Waals surface area (Å²) in [7, 11) is 0. The lowest BCUT2D eigenvalue weighted by molar-refractivity contribution is 0.0410. The van der Waals surface area contributed by atoms with Crippen molar-refractivity contribution < 1.29 is 9.50 Å². The maximum absolute atomic E-state index is 13.0. The normalized spacial score (nSPS) is 28.2. The van der Waals surface area contributed by atoms with Gasteiger partial charge in [-0.15, -0.1) is 0 Å². The first-order chi connectivity index (χ1) is 8.05. The molecule has 0 spiro atoms. The van der Waals surface area contributed by atoms with E-state index in [9.17, 15) is 9.50 Å². The average Bonchev–Trinajstić information content (AvgIpc) is 2.25. The second kappa shape index (κ2) is 4.77. The van der Waals surface area contributed by atoms with E-state index in [1.165, 1.54) is 5.56 Å². The van der Waals surface area contributed by atoms with Gasteiger partial charge in [-0.05, 0) is 36.3 Å². The third-order valence-corrected chi connectivity index (χ3v) is 3.74. The molecule has 0 radical (unpaired) electrons. The van der Waals surface area contributed by atoms with Crippen molar-refractivity contribution in [3.63, 3.8) is 0 Å². The molecule has 0 amide bonds. The van der Waals surface area contributed by atoms with Gasteiger partial charge < -0.3 is 5.11 Å². The first-order valence-corrected chi connectivity index (χ1v) is 6.40. The van der Waals surface area contributed by atoms with Crippen LogP contribution in [0.4, 0.5) is 4.39 Å². The lowest BCUT2D eigenvalue weighted by atomic mass is 9.64. The molecule has 1 N–H and O–H groups in total. The van der Waals surface area contributed by atoms with Gasteiger partial charge >= 0.3 is 0 Å². The van der Waals surface area contributed by atoms with Crippen LogP contribution in [0, 0.1) is 5.92 Å². The SMILES string of the molecule is CC(C)Cc1ccc(C2(CO)CC(F)C2)cc1. The van der Waals surface area contributed by atoms with Crippen LogP contribution >= 0.6 is 0 Å². The van der Waals surface area contributed by atoms with Gasteiger partial charge in [-0.1, -0.05) is 38.1 Å². The quantitative estimate of drug-likeness (QED) is 0.851. The van der Waals surface area contributed by atoms with E-state index in [4.69, 9.17) is 0 Å². The summed E-state index contributed by atoms with van der Waals surface area (Å²) < 4.78 is 13.0. The maximum Gasteiger partial charge on any atom is 0.102 e. The van der Waals surface area contributed by atoms with Crippen LogP contribution in [-0.4, -0.2) is 17.9 Å². The number of aliphatic hydroxyl groups excluding tert-OH is 1. The van der Waals surface area contributed by atoms with Crippen LogP contribution in [0.25, 0.3) is 0 Å². The number of hydrogen-bond donors (Lipinski definition) is 1. The van der Waals surface area contributed by atoms with Crippen molar-refractivity contribution in [1.82, 2.24) is 0 Å². The summed E-state index contributed by atoms with van der Waals surface area (Å²) in [6.45, 7) is 4.45. The first-order valence-electron chi connectivity index (χ1n) is 6.40. The molecule has 0 heterocycles. The van der Waals surface area contributed by atoms with Gasteiger partial charge in [0.25, 0.3) is 0 Å². The molecule has 17 heavy (non-hydrogen) atoms. The predicted molar refractivity (Wildman–Crippen MR) is 67.9 cm³/mol. The summed E-state index contributed by atoms with van der Waals surface area (Å²) in [5, 5.41) is 9.46. The van der Waals surface area contributed by atoms with Crippen LogP contribution in [0.15, 0.2) is 24.3 Å². The number of rotatable bonds is 4. The van der Waals surface area contributed by atoms with Crippen molar-refractivity contribution in [3.05, 3.63) is 35.4 Å². The summed E-state index contributed by atoms with van der Waals surface area (Å²) in [5.74, 6) is 0.645. The van der Waals surface area contributed by atoms with Crippen molar-refractivity contribution in [2.24, 2.45) is 5.92 Å². The molecule has 0 saturated heterocycles. The third kappa shape index (κ3) is 2.52. The van der Waals surface area contributed by atoms with Gasteiger partial charge in [-0.2, -0.15) is 0 Å². The van der Waals surface area contributed by atoms with Crippen LogP contribution < -0.4 is 0 Å². The highest BCUT2D eigenvalue weighted by atomic mass is 19.1. The van der Waals surface area contributed by atoms with Gasteiger partial charge in [0.1, 0.15) is 6.17 Å². The molecule has 2 rings (SSSR count). The third-order valence-electron chi connectivity index (χ3n) is 3.74. The molecule has 1 nitrogen and oxygen atoms in total. The molecule has 1 aromatic rings. The first kappa shape index (κ1) is 12.6. The van der Waals surface area contributed by atoms with Crippen LogP contribution in [0.1, 0.15) is 37.8 Å². The minimum absolute atomic E-state index is 0.0525. The summed E-state index contributed by atoms with van der Waals surface area (Å²) in [6, 6.07) is 8.33. The van der Waals surface area contributed by atoms with E-state index in [-0.39, 0.29) is 12.0 Å². The molecule has 94 valence electrons. The Bertz CT molecular complexity index is 363. The molecule has 2 heteroatoms. The number of aliphatic hydroxyl groups is 1. The lowest BCUT2D eigenvalue weighted by Crippen LogP contribution is -2.45. The van der Waals surface area contributed by atoms with Crippen molar-refractivity contribution in [1.29, 1.82) is 0 Å². The predicted octanol–water partition coefficient (Wildman–Crippen LogP) is 3.25. The molecule has 0 atom stereocenters. The fraction of sp³-hybridized carbons (Fsp3) is 0.600. The van der Waals surface area contributed by atoms with E-state index >= 15 is 0 Å². The molecule has 0 bridgehead atoms. The van der Waals surface area contributed by atoms with Crippen molar-refractivity contribution in [2.75, 3.05) is 6.61 Å². The Morgan fingerprint density at radius 3 is 2.29 bits per heavy atom. The van der Waals surface area contributed by atoms with Crippen molar-refractivity contribution >= 4 is 0 Å². The zero-order valence-corrected chi connectivity index (χ0v) is 10.6. The summed E-state index contributed by atoms with van der Waals surface area (Å²) in [6.07, 6.45) is 1.26. The van der Waals surface area contributed by atoms with Crippen molar-refractivity contribution in [2.45, 2.75) is 44.7 Å². The monoisotopic (exact) mass is 236 g/mol. The second-order valence-corrected chi connectivity index (χ2v) is 5.74. The van der Waals surface area contributed by atoms with Gasteiger partial charge in [-0.3, -0.25) is 0 Å². The van der Waals surface area contributed by atoms with Crippen LogP contribution in [-0.2, 0) is 11.8 Å². The zero-order valence-electron chi connectivity index (χ0n) is 10.6. The van der Waals surface area contributed by atoms with Gasteiger partial charge in [0, 0.05) is 5.41 Å². The summed E-state index contributed by atoms with van der Waals surface area (Å²) in [4.78, 5) is 0. The standard InChI is InChI=1S/C15H21FO/c1-11(2)7-12-3-5-13(6-4-12)15(10-17)8-14(16)9-15/h3-6,11,14,17H,7-10H2,1-2H3. The van der Waals surface area contributed by atoms with E-state index in [1.54, 1.807) is 0 Å². The maximum atomic E-state index is 13.0. The molecular weight excluding hydrogens is 215 g/mol. The minimum Gasteiger partial charge on any atom is -0.395 e. The highest BCUT2D eigenvalue weighted by Crippen LogP contribution is 2.45. The van der Waals surface area contributed by atoms with E-state index in [0.717, 1.165) is 12.0 Å². The van der Waals surface area contributed by atoms with E-state index in [1.807, 2.05) is 0 Å². The number of benzene rings is 1. The molecule has 1 aromatic carbocycles. The fourth-order valence-electron chi connectivity index (χ4n) is 2.71. The highest BCUT2D eigenvalue weighted by Gasteiger charge is 2.45. The summed E-state index contributed by atoms with van der Waals surface area (Å²) in [5.41, 5.74) is 2.09. The van der Waals surface area contributed by atoms with E-state index in [2.05, 4.69) is 38.1 Å². The lowest BCUT2D eigenvalue weighted by Gasteiger charge is -2.43. The topological polar surface area (TPSA) is 20.2 Å². The number of alkyl halides is 1. The van der Waals surface area contributed by atoms with Gasteiger partial charge in [0.05, 0.1) is 6.61 Å². The van der Waals surface area contributed by atoms with Crippen LogP contribution in [0.5, 0.6) is 0 Å². The Morgan fingerprint density at radius 2 is 1.88 bits per heavy atom. The Kier molecular flexibility index (Phi) is 3.53. The molecule has 1 aliphatic rings. The van der Waals surface area contributed by atoms with Crippen LogP contribution in [0.2, 0.25) is 0 Å². The van der Waals surface area contributed by atoms with Gasteiger partial charge in [-0.25, -0.2) is 4.39 Å². The number of hydrogen-bond acceptors (Lipinski definition) is 1. The smallest absolute Gasteiger partial charge is 0.102 e. The van der Waals surface area contributed by atoms with E-state index in [0.29, 0.717) is 18.8 Å². The zero-order chi connectivity index (χ0) is 12.5. The van der Waals surface area contributed by atoms with E-state index < -0.39 is 6.17 Å². The second-order valence-electron chi connectivity index (χ2n) is 5.74. The van der Waals surface area contributed by atoms with Crippen LogP contribution in [0.3, 0.4) is 0 Å². The Morgan fingerprint density at radius 1 is 1.29 bits per heavy atom. The highest BCUT2D eigenvalue weighted by molar-refractivity contribution is 5.32. The summed E-state index contributed by atoms with van der Waals surface area (Å²) >= 11 is 0. The largest absolute Gasteiger partial charge is 0.395 e. The number of halogens is 1. The average molecular weight is 236 g/mol. The molecule has 0 aliphatic heterocycles. The molecular formula is C15H21FO. The fourth-order valence-corrected chi connectivity index (χ4v) is 2.71. The Labute approximate surface area is 103 Å². The minimum atomic E-state index is -0.738. The molecule has 1 saturated carbocycles. The molecule has 0 unspecified atom stereocenters. The van der Waals surface area contributed by atoms with Gasteiger partial charge in [0.15, 0.2) is 0 Å². The Hall–Kier alpha value is -0.890. The van der Waals surface area contributed by atoms with Gasteiger partial charge in [0.2, 0.25) is 0 Å².